The fourth-order valence-electron chi connectivity index (χ4n) is 1.43. The van der Waals surface area contributed by atoms with Crippen LogP contribution in [-0.4, -0.2) is 18.5 Å². The van der Waals surface area contributed by atoms with Crippen LogP contribution in [0.4, 0.5) is 18.9 Å². The number of hydrogen-bond donors (Lipinski definition) is 2. The average molecular weight is 339 g/mol. The lowest BCUT2D eigenvalue weighted by molar-refractivity contribution is -0.137. The summed E-state index contributed by atoms with van der Waals surface area (Å²) in [5.74, 6) is -0.214. The van der Waals surface area contributed by atoms with Gasteiger partial charge in [0.05, 0.1) is 5.56 Å². The first-order valence-corrected chi connectivity index (χ1v) is 6.46. The second-order valence-electron chi connectivity index (χ2n) is 3.95. The summed E-state index contributed by atoms with van der Waals surface area (Å²) < 4.78 is 37.7. The lowest BCUT2D eigenvalue weighted by Crippen LogP contribution is -2.37. The fraction of sp³-hybridized carbons (Fsp3) is 0.417. The van der Waals surface area contributed by atoms with E-state index in [9.17, 15) is 18.0 Å². The highest BCUT2D eigenvalue weighted by molar-refractivity contribution is 9.10. The molecule has 106 valence electrons. The van der Waals surface area contributed by atoms with Gasteiger partial charge in [0.25, 0.3) is 0 Å². The third-order valence-corrected chi connectivity index (χ3v) is 3.07. The Kier molecular flexibility index (Phi) is 5.22. The third-order valence-electron chi connectivity index (χ3n) is 2.41. The highest BCUT2D eigenvalue weighted by Gasteiger charge is 2.30. The number of alkyl halides is 3. The predicted molar refractivity (Wildman–Crippen MR) is 70.9 cm³/mol. The Hall–Kier alpha value is -1.24. The average Bonchev–Trinajstić information content (AvgIpc) is 2.30. The summed E-state index contributed by atoms with van der Waals surface area (Å²) in [5.41, 5.74) is -0.303. The highest BCUT2D eigenvalue weighted by Crippen LogP contribution is 2.34. The molecule has 1 aromatic carbocycles. The molecule has 1 atom stereocenters. The number of likely N-dealkylation sites (N-methyl/N-ethyl adjacent to an activating group) is 1. The smallest absolute Gasteiger partial charge is 0.373 e. The summed E-state index contributed by atoms with van der Waals surface area (Å²) in [5, 5.41) is 5.47. The standard InChI is InChI=1S/C12H14BrF3N2O/c1-3-17-11(19)7(2)18-10-5-4-8(6-9(10)13)12(14,15)16/h4-7,18H,3H2,1-2H3,(H,17,19). The van der Waals surface area contributed by atoms with Crippen molar-refractivity contribution in [3.05, 3.63) is 28.2 Å². The molecule has 0 bridgehead atoms. The summed E-state index contributed by atoms with van der Waals surface area (Å²) in [4.78, 5) is 11.5. The summed E-state index contributed by atoms with van der Waals surface area (Å²) in [6.45, 7) is 3.92. The Morgan fingerprint density at radius 2 is 2.05 bits per heavy atom. The van der Waals surface area contributed by atoms with Gasteiger partial charge in [0, 0.05) is 16.7 Å². The first-order chi connectivity index (χ1) is 8.75. The maximum Gasteiger partial charge on any atom is 0.416 e. The monoisotopic (exact) mass is 338 g/mol. The van der Waals surface area contributed by atoms with E-state index in [0.29, 0.717) is 12.2 Å². The molecule has 0 saturated carbocycles. The van der Waals surface area contributed by atoms with Crippen molar-refractivity contribution >= 4 is 27.5 Å². The molecule has 1 aromatic rings. The lowest BCUT2D eigenvalue weighted by Gasteiger charge is -2.17. The molecule has 0 aliphatic heterocycles. The van der Waals surface area contributed by atoms with E-state index in [1.807, 2.05) is 0 Å². The number of amides is 1. The Morgan fingerprint density at radius 3 is 2.53 bits per heavy atom. The van der Waals surface area contributed by atoms with Gasteiger partial charge in [-0.1, -0.05) is 0 Å². The number of carbonyl (C=O) groups excluding carboxylic acids is 1. The zero-order valence-electron chi connectivity index (χ0n) is 10.4. The largest absolute Gasteiger partial charge is 0.416 e. The molecule has 0 radical (unpaired) electrons. The minimum atomic E-state index is -4.38. The molecule has 2 N–H and O–H groups in total. The second kappa shape index (κ2) is 6.27. The van der Waals surface area contributed by atoms with E-state index in [0.717, 1.165) is 12.1 Å². The predicted octanol–water partition coefficient (Wildman–Crippen LogP) is 3.40. The summed E-state index contributed by atoms with van der Waals surface area (Å²) in [6, 6.07) is 2.71. The van der Waals surface area contributed by atoms with Crippen LogP contribution in [-0.2, 0) is 11.0 Å². The van der Waals surface area contributed by atoms with Crippen molar-refractivity contribution in [3.63, 3.8) is 0 Å². The number of anilines is 1. The lowest BCUT2D eigenvalue weighted by atomic mass is 10.2. The molecular weight excluding hydrogens is 325 g/mol. The van der Waals surface area contributed by atoms with Crippen molar-refractivity contribution in [2.45, 2.75) is 26.1 Å². The fourth-order valence-corrected chi connectivity index (χ4v) is 1.93. The summed E-state index contributed by atoms with van der Waals surface area (Å²) in [6.07, 6.45) is -4.38. The number of benzene rings is 1. The topological polar surface area (TPSA) is 41.1 Å². The van der Waals surface area contributed by atoms with Crippen LogP contribution in [0, 0.1) is 0 Å². The Balaban J connectivity index is 2.83. The molecule has 0 fully saturated rings. The molecule has 0 spiro atoms. The number of rotatable bonds is 4. The van der Waals surface area contributed by atoms with Gasteiger partial charge in [-0.25, -0.2) is 0 Å². The van der Waals surface area contributed by atoms with Gasteiger partial charge in [0.2, 0.25) is 5.91 Å². The van der Waals surface area contributed by atoms with Gasteiger partial charge < -0.3 is 10.6 Å². The van der Waals surface area contributed by atoms with Gasteiger partial charge >= 0.3 is 6.18 Å². The zero-order chi connectivity index (χ0) is 14.6. The Bertz CT molecular complexity index is 463. The molecule has 0 heterocycles. The third kappa shape index (κ3) is 4.41. The molecule has 1 amide bonds. The van der Waals surface area contributed by atoms with E-state index in [2.05, 4.69) is 26.6 Å². The number of hydrogen-bond acceptors (Lipinski definition) is 2. The minimum Gasteiger partial charge on any atom is -0.373 e. The van der Waals surface area contributed by atoms with E-state index >= 15 is 0 Å². The van der Waals surface area contributed by atoms with Crippen LogP contribution in [0.3, 0.4) is 0 Å². The van der Waals surface area contributed by atoms with Crippen molar-refractivity contribution in [2.24, 2.45) is 0 Å². The SMILES string of the molecule is CCNC(=O)C(C)Nc1ccc(C(F)(F)F)cc1Br. The molecular formula is C12H14BrF3N2O. The normalized spacial score (nSPS) is 12.9. The molecule has 0 aromatic heterocycles. The van der Waals surface area contributed by atoms with Crippen molar-refractivity contribution < 1.29 is 18.0 Å². The van der Waals surface area contributed by atoms with Crippen molar-refractivity contribution in [1.82, 2.24) is 5.32 Å². The maximum absolute atomic E-state index is 12.5. The number of halogens is 4. The van der Waals surface area contributed by atoms with Crippen LogP contribution in [0.2, 0.25) is 0 Å². The van der Waals surface area contributed by atoms with Crippen LogP contribution >= 0.6 is 15.9 Å². The zero-order valence-corrected chi connectivity index (χ0v) is 12.0. The van der Waals surface area contributed by atoms with Gasteiger partial charge in [0.15, 0.2) is 0 Å². The summed E-state index contributed by atoms with van der Waals surface area (Å²) >= 11 is 3.06. The van der Waals surface area contributed by atoms with E-state index in [4.69, 9.17) is 0 Å². The van der Waals surface area contributed by atoms with Gasteiger partial charge in [0.1, 0.15) is 6.04 Å². The molecule has 0 aliphatic carbocycles. The first-order valence-electron chi connectivity index (χ1n) is 5.66. The van der Waals surface area contributed by atoms with Crippen LogP contribution in [0.1, 0.15) is 19.4 Å². The molecule has 7 heteroatoms. The van der Waals surface area contributed by atoms with E-state index in [-0.39, 0.29) is 10.4 Å². The van der Waals surface area contributed by atoms with Crippen LogP contribution < -0.4 is 10.6 Å². The van der Waals surface area contributed by atoms with Crippen LogP contribution in [0.25, 0.3) is 0 Å². The van der Waals surface area contributed by atoms with E-state index in [1.165, 1.54) is 6.07 Å². The second-order valence-corrected chi connectivity index (χ2v) is 4.81. The quantitative estimate of drug-likeness (QED) is 0.883. The minimum absolute atomic E-state index is 0.214. The van der Waals surface area contributed by atoms with Crippen molar-refractivity contribution in [3.8, 4) is 0 Å². The van der Waals surface area contributed by atoms with Gasteiger partial charge in [-0.15, -0.1) is 0 Å². The maximum atomic E-state index is 12.5. The first kappa shape index (κ1) is 15.8. The Morgan fingerprint density at radius 1 is 1.42 bits per heavy atom. The van der Waals surface area contributed by atoms with Gasteiger partial charge in [-0.05, 0) is 48.0 Å². The van der Waals surface area contributed by atoms with Gasteiger partial charge in [-0.2, -0.15) is 13.2 Å². The molecule has 0 aliphatic rings. The van der Waals surface area contributed by atoms with Crippen molar-refractivity contribution in [2.75, 3.05) is 11.9 Å². The van der Waals surface area contributed by atoms with E-state index < -0.39 is 17.8 Å². The van der Waals surface area contributed by atoms with Crippen LogP contribution in [0.15, 0.2) is 22.7 Å². The highest BCUT2D eigenvalue weighted by atomic mass is 79.9. The molecule has 3 nitrogen and oxygen atoms in total. The molecule has 0 saturated heterocycles. The summed E-state index contributed by atoms with van der Waals surface area (Å²) in [7, 11) is 0. The number of nitrogens with one attached hydrogen (secondary N) is 2. The van der Waals surface area contributed by atoms with E-state index in [1.54, 1.807) is 13.8 Å². The molecule has 1 unspecified atom stereocenters. The number of carbonyl (C=O) groups is 1. The van der Waals surface area contributed by atoms with Crippen LogP contribution in [0.5, 0.6) is 0 Å². The molecule has 1 rings (SSSR count). The Labute approximate surface area is 117 Å². The van der Waals surface area contributed by atoms with Crippen molar-refractivity contribution in [1.29, 1.82) is 0 Å². The molecule has 19 heavy (non-hydrogen) atoms. The van der Waals surface area contributed by atoms with Gasteiger partial charge in [-0.3, -0.25) is 4.79 Å².